The molecule has 1 atom stereocenters. The van der Waals surface area contributed by atoms with Crippen LogP contribution < -0.4 is 15.2 Å². The van der Waals surface area contributed by atoms with E-state index in [1.165, 1.54) is 0 Å². The summed E-state index contributed by atoms with van der Waals surface area (Å²) in [4.78, 5) is 0. The maximum absolute atomic E-state index is 8.91. The van der Waals surface area contributed by atoms with Gasteiger partial charge >= 0.3 is 0 Å². The average Bonchev–Trinajstić information content (AvgIpc) is 2.39. The molecule has 0 aliphatic heterocycles. The van der Waals surface area contributed by atoms with E-state index in [1.54, 1.807) is 0 Å². The lowest BCUT2D eigenvalue weighted by Gasteiger charge is -2.15. The van der Waals surface area contributed by atoms with Crippen molar-refractivity contribution < 1.29 is 9.47 Å². The standard InChI is InChI=1S/C14H20N2O2/c1-3-12(10-16)18-13-6-5-11(7-8-15)9-14(13)17-4-2/h5-6,9,12H,3-4,7-8,15H2,1-2H3. The molecule has 4 nitrogen and oxygen atoms in total. The summed E-state index contributed by atoms with van der Waals surface area (Å²) in [5.41, 5.74) is 6.64. The van der Waals surface area contributed by atoms with Crippen molar-refractivity contribution in [2.75, 3.05) is 13.2 Å². The summed E-state index contributed by atoms with van der Waals surface area (Å²) in [6.07, 6.45) is 1.01. The number of ether oxygens (including phenoxy) is 2. The fraction of sp³-hybridized carbons (Fsp3) is 0.500. The fourth-order valence-corrected chi connectivity index (χ4v) is 1.59. The molecule has 0 heterocycles. The number of nitrogens with two attached hydrogens (primary N) is 1. The van der Waals surface area contributed by atoms with Gasteiger partial charge in [-0.2, -0.15) is 5.26 Å². The lowest BCUT2D eigenvalue weighted by Crippen LogP contribution is -2.13. The van der Waals surface area contributed by atoms with Crippen molar-refractivity contribution in [1.29, 1.82) is 5.26 Å². The summed E-state index contributed by atoms with van der Waals surface area (Å²) in [6, 6.07) is 7.83. The summed E-state index contributed by atoms with van der Waals surface area (Å²) in [5.74, 6) is 1.29. The van der Waals surface area contributed by atoms with Crippen molar-refractivity contribution in [3.05, 3.63) is 23.8 Å². The van der Waals surface area contributed by atoms with Crippen LogP contribution in [0.1, 0.15) is 25.8 Å². The average molecular weight is 248 g/mol. The van der Waals surface area contributed by atoms with Crippen molar-refractivity contribution >= 4 is 0 Å². The molecule has 0 saturated carbocycles. The molecule has 0 aliphatic rings. The highest BCUT2D eigenvalue weighted by molar-refractivity contribution is 5.43. The Morgan fingerprint density at radius 2 is 2.11 bits per heavy atom. The zero-order valence-electron chi connectivity index (χ0n) is 11.0. The molecular weight excluding hydrogens is 228 g/mol. The molecule has 0 spiro atoms. The second kappa shape index (κ2) is 7.57. The Kier molecular flexibility index (Phi) is 6.03. The van der Waals surface area contributed by atoms with E-state index in [0.29, 0.717) is 31.1 Å². The first-order chi connectivity index (χ1) is 8.74. The van der Waals surface area contributed by atoms with Gasteiger partial charge in [0.05, 0.1) is 6.61 Å². The van der Waals surface area contributed by atoms with Crippen LogP contribution in [-0.4, -0.2) is 19.3 Å². The zero-order valence-corrected chi connectivity index (χ0v) is 11.0. The van der Waals surface area contributed by atoms with Gasteiger partial charge in [0.2, 0.25) is 0 Å². The molecular formula is C14H20N2O2. The molecule has 18 heavy (non-hydrogen) atoms. The number of hydrogen-bond acceptors (Lipinski definition) is 4. The van der Waals surface area contributed by atoms with E-state index < -0.39 is 6.10 Å². The zero-order chi connectivity index (χ0) is 13.4. The molecule has 0 aromatic heterocycles. The SMILES string of the molecule is CCOc1cc(CCN)ccc1OC(C#N)CC. The Labute approximate surface area is 108 Å². The van der Waals surface area contributed by atoms with Gasteiger partial charge in [-0.15, -0.1) is 0 Å². The normalized spacial score (nSPS) is 11.7. The van der Waals surface area contributed by atoms with E-state index in [0.717, 1.165) is 12.0 Å². The highest BCUT2D eigenvalue weighted by Crippen LogP contribution is 2.29. The summed E-state index contributed by atoms with van der Waals surface area (Å²) in [7, 11) is 0. The van der Waals surface area contributed by atoms with Gasteiger partial charge < -0.3 is 15.2 Å². The van der Waals surface area contributed by atoms with Crippen LogP contribution in [0.5, 0.6) is 11.5 Å². The molecule has 0 aliphatic carbocycles. The quantitative estimate of drug-likeness (QED) is 0.803. The van der Waals surface area contributed by atoms with Gasteiger partial charge in [0.1, 0.15) is 6.07 Å². The van der Waals surface area contributed by atoms with E-state index >= 15 is 0 Å². The van der Waals surface area contributed by atoms with Crippen LogP contribution in [0.4, 0.5) is 0 Å². The van der Waals surface area contributed by atoms with Crippen LogP contribution in [0.25, 0.3) is 0 Å². The van der Waals surface area contributed by atoms with E-state index in [-0.39, 0.29) is 0 Å². The Hall–Kier alpha value is -1.73. The fourth-order valence-electron chi connectivity index (χ4n) is 1.59. The smallest absolute Gasteiger partial charge is 0.184 e. The Morgan fingerprint density at radius 1 is 1.33 bits per heavy atom. The van der Waals surface area contributed by atoms with E-state index in [2.05, 4.69) is 6.07 Å². The van der Waals surface area contributed by atoms with E-state index in [1.807, 2.05) is 32.0 Å². The van der Waals surface area contributed by atoms with Crippen LogP contribution in [0.3, 0.4) is 0 Å². The number of benzene rings is 1. The number of rotatable bonds is 7. The number of nitrogens with zero attached hydrogens (tertiary/aromatic N) is 1. The van der Waals surface area contributed by atoms with Gasteiger partial charge in [-0.3, -0.25) is 0 Å². The third-order valence-electron chi connectivity index (χ3n) is 2.52. The summed E-state index contributed by atoms with van der Waals surface area (Å²) < 4.78 is 11.2. The highest BCUT2D eigenvalue weighted by Gasteiger charge is 2.11. The van der Waals surface area contributed by atoms with Crippen molar-refractivity contribution in [1.82, 2.24) is 0 Å². The topological polar surface area (TPSA) is 68.3 Å². The molecule has 2 N–H and O–H groups in total. The molecule has 1 aromatic rings. The maximum Gasteiger partial charge on any atom is 0.184 e. The largest absolute Gasteiger partial charge is 0.490 e. The monoisotopic (exact) mass is 248 g/mol. The minimum absolute atomic E-state index is 0.440. The van der Waals surface area contributed by atoms with Crippen LogP contribution >= 0.6 is 0 Å². The van der Waals surface area contributed by atoms with Gasteiger partial charge in [-0.05, 0) is 44.0 Å². The predicted octanol–water partition coefficient (Wildman–Crippen LogP) is 2.27. The summed E-state index contributed by atoms with van der Waals surface area (Å²) in [5, 5.41) is 8.91. The third-order valence-corrected chi connectivity index (χ3v) is 2.52. The first kappa shape index (κ1) is 14.3. The van der Waals surface area contributed by atoms with Crippen molar-refractivity contribution in [3.63, 3.8) is 0 Å². The molecule has 98 valence electrons. The van der Waals surface area contributed by atoms with Gasteiger partial charge in [0.25, 0.3) is 0 Å². The van der Waals surface area contributed by atoms with Crippen LogP contribution in [-0.2, 0) is 6.42 Å². The van der Waals surface area contributed by atoms with Crippen LogP contribution in [0.15, 0.2) is 18.2 Å². The first-order valence-corrected chi connectivity index (χ1v) is 6.27. The lowest BCUT2D eigenvalue weighted by atomic mass is 10.1. The molecule has 0 radical (unpaired) electrons. The van der Waals surface area contributed by atoms with E-state index in [4.69, 9.17) is 20.5 Å². The van der Waals surface area contributed by atoms with Crippen molar-refractivity contribution in [2.45, 2.75) is 32.8 Å². The predicted molar refractivity (Wildman–Crippen MR) is 70.7 cm³/mol. The Bertz CT molecular complexity index is 413. The van der Waals surface area contributed by atoms with Gasteiger partial charge in [-0.25, -0.2) is 0 Å². The second-order valence-electron chi connectivity index (χ2n) is 3.90. The van der Waals surface area contributed by atoms with E-state index in [9.17, 15) is 0 Å². The molecule has 0 amide bonds. The molecule has 1 aromatic carbocycles. The maximum atomic E-state index is 8.91. The Morgan fingerprint density at radius 3 is 2.67 bits per heavy atom. The Balaban J connectivity index is 2.92. The second-order valence-corrected chi connectivity index (χ2v) is 3.90. The van der Waals surface area contributed by atoms with Crippen LogP contribution in [0.2, 0.25) is 0 Å². The molecule has 0 fully saturated rings. The lowest BCUT2D eigenvalue weighted by molar-refractivity contribution is 0.231. The van der Waals surface area contributed by atoms with Gasteiger partial charge in [-0.1, -0.05) is 13.0 Å². The molecule has 1 unspecified atom stereocenters. The number of hydrogen-bond donors (Lipinski definition) is 1. The molecule has 0 saturated heterocycles. The van der Waals surface area contributed by atoms with Crippen molar-refractivity contribution in [3.8, 4) is 17.6 Å². The highest BCUT2D eigenvalue weighted by atomic mass is 16.5. The molecule has 1 rings (SSSR count). The molecule has 4 heteroatoms. The first-order valence-electron chi connectivity index (χ1n) is 6.27. The summed E-state index contributed by atoms with van der Waals surface area (Å²) >= 11 is 0. The van der Waals surface area contributed by atoms with Gasteiger partial charge in [0.15, 0.2) is 17.6 Å². The van der Waals surface area contributed by atoms with Crippen LogP contribution in [0, 0.1) is 11.3 Å². The minimum Gasteiger partial charge on any atom is -0.490 e. The minimum atomic E-state index is -0.440. The van der Waals surface area contributed by atoms with Gasteiger partial charge in [0, 0.05) is 0 Å². The van der Waals surface area contributed by atoms with Crippen molar-refractivity contribution in [2.24, 2.45) is 5.73 Å². The third kappa shape index (κ3) is 3.94. The summed E-state index contributed by atoms with van der Waals surface area (Å²) in [6.45, 7) is 4.99. The molecule has 0 bridgehead atoms. The number of nitriles is 1.